The molecule has 0 aliphatic rings. The summed E-state index contributed by atoms with van der Waals surface area (Å²) in [6.45, 7) is 8.30. The average Bonchev–Trinajstić information content (AvgIpc) is 2.93. The van der Waals surface area contributed by atoms with Crippen molar-refractivity contribution in [3.8, 4) is 28.0 Å². The normalized spacial score (nSPS) is 12.0. The summed E-state index contributed by atoms with van der Waals surface area (Å²) in [6.07, 6.45) is 12.8. The molecule has 0 aromatic heterocycles. The molecule has 36 heavy (non-hydrogen) atoms. The van der Waals surface area contributed by atoms with Crippen LogP contribution in [0.2, 0.25) is 0 Å². The minimum atomic E-state index is 0.124. The summed E-state index contributed by atoms with van der Waals surface area (Å²) in [5, 5.41) is 0. The highest BCUT2D eigenvalue weighted by Gasteiger charge is 2.10. The lowest BCUT2D eigenvalue weighted by molar-refractivity contribution is 0.0627. The molecular formula is C34H46O2. The van der Waals surface area contributed by atoms with E-state index in [4.69, 9.17) is 9.47 Å². The second kappa shape index (κ2) is 16.2. The fourth-order valence-electron chi connectivity index (χ4n) is 4.61. The second-order valence-corrected chi connectivity index (χ2v) is 9.88. The molecular weight excluding hydrogens is 440 g/mol. The van der Waals surface area contributed by atoms with E-state index in [9.17, 15) is 0 Å². The molecule has 0 bridgehead atoms. The largest absolute Gasteiger partial charge is 0.494 e. The maximum absolute atomic E-state index is 6.12. The van der Waals surface area contributed by atoms with Crippen molar-refractivity contribution in [2.45, 2.75) is 91.1 Å². The number of benzene rings is 3. The van der Waals surface area contributed by atoms with Crippen molar-refractivity contribution in [1.82, 2.24) is 0 Å². The van der Waals surface area contributed by atoms with Gasteiger partial charge in [-0.05, 0) is 59.7 Å². The van der Waals surface area contributed by atoms with Crippen molar-refractivity contribution < 1.29 is 9.47 Å². The van der Waals surface area contributed by atoms with Crippen LogP contribution >= 0.6 is 0 Å². The van der Waals surface area contributed by atoms with Gasteiger partial charge in [-0.25, -0.2) is 0 Å². The Morgan fingerprint density at radius 3 is 1.67 bits per heavy atom. The van der Waals surface area contributed by atoms with E-state index in [-0.39, 0.29) is 6.10 Å². The first-order valence-electron chi connectivity index (χ1n) is 14.3. The van der Waals surface area contributed by atoms with Gasteiger partial charge in [0.05, 0.1) is 12.7 Å². The lowest BCUT2D eigenvalue weighted by atomic mass is 9.94. The predicted molar refractivity (Wildman–Crippen MR) is 155 cm³/mol. The van der Waals surface area contributed by atoms with Gasteiger partial charge in [-0.3, -0.25) is 0 Å². The Bertz CT molecular complexity index is 975. The third kappa shape index (κ3) is 9.13. The van der Waals surface area contributed by atoms with Crippen LogP contribution in [-0.2, 0) is 4.74 Å². The zero-order valence-corrected chi connectivity index (χ0v) is 22.8. The fourth-order valence-corrected chi connectivity index (χ4v) is 4.61. The quantitative estimate of drug-likeness (QED) is 0.177. The summed E-state index contributed by atoms with van der Waals surface area (Å²) in [5.41, 5.74) is 6.17. The monoisotopic (exact) mass is 486 g/mol. The molecule has 3 aromatic carbocycles. The number of rotatable bonds is 17. The topological polar surface area (TPSA) is 18.5 Å². The first kappa shape index (κ1) is 28.0. The van der Waals surface area contributed by atoms with E-state index >= 15 is 0 Å². The van der Waals surface area contributed by atoms with Crippen LogP contribution in [0, 0.1) is 0 Å². The van der Waals surface area contributed by atoms with Gasteiger partial charge in [0, 0.05) is 6.61 Å². The van der Waals surface area contributed by atoms with Gasteiger partial charge in [0.2, 0.25) is 0 Å². The molecule has 0 amide bonds. The van der Waals surface area contributed by atoms with Crippen LogP contribution in [0.25, 0.3) is 22.3 Å². The Balaban J connectivity index is 1.57. The van der Waals surface area contributed by atoms with Gasteiger partial charge in [0.15, 0.2) is 0 Å². The van der Waals surface area contributed by atoms with Crippen LogP contribution < -0.4 is 4.74 Å². The third-order valence-corrected chi connectivity index (χ3v) is 6.92. The zero-order chi connectivity index (χ0) is 25.4. The maximum atomic E-state index is 6.12. The molecule has 0 saturated carbocycles. The highest BCUT2D eigenvalue weighted by Crippen LogP contribution is 2.33. The van der Waals surface area contributed by atoms with E-state index < -0.39 is 0 Å². The van der Waals surface area contributed by atoms with Crippen LogP contribution in [0.15, 0.2) is 72.8 Å². The second-order valence-electron chi connectivity index (χ2n) is 9.88. The molecule has 0 aliphatic heterocycles. The average molecular weight is 487 g/mol. The molecule has 194 valence electrons. The molecule has 2 nitrogen and oxygen atoms in total. The highest BCUT2D eigenvalue weighted by molar-refractivity contribution is 5.83. The molecule has 0 aliphatic carbocycles. The Morgan fingerprint density at radius 2 is 1.06 bits per heavy atom. The van der Waals surface area contributed by atoms with Crippen molar-refractivity contribution in [2.24, 2.45) is 0 Å². The maximum Gasteiger partial charge on any atom is 0.119 e. The van der Waals surface area contributed by atoms with Gasteiger partial charge in [-0.15, -0.1) is 0 Å². The molecule has 2 heteroatoms. The summed E-state index contributed by atoms with van der Waals surface area (Å²) >= 11 is 0. The predicted octanol–water partition coefficient (Wildman–Crippen LogP) is 10.4. The molecule has 0 heterocycles. The molecule has 1 unspecified atom stereocenters. The Hall–Kier alpha value is -2.58. The lowest BCUT2D eigenvalue weighted by Crippen LogP contribution is -2.02. The summed E-state index contributed by atoms with van der Waals surface area (Å²) in [6, 6.07) is 26.1. The first-order chi connectivity index (χ1) is 17.7. The molecule has 3 rings (SSSR count). The van der Waals surface area contributed by atoms with Gasteiger partial charge >= 0.3 is 0 Å². The molecule has 0 spiro atoms. The number of ether oxygens (including phenoxy) is 2. The van der Waals surface area contributed by atoms with Crippen LogP contribution in [0.1, 0.15) is 96.6 Å². The zero-order valence-electron chi connectivity index (χ0n) is 22.8. The summed E-state index contributed by atoms with van der Waals surface area (Å²) in [7, 11) is 0. The van der Waals surface area contributed by atoms with E-state index in [1.807, 2.05) is 0 Å². The van der Waals surface area contributed by atoms with Crippen molar-refractivity contribution in [3.05, 3.63) is 78.4 Å². The smallest absolute Gasteiger partial charge is 0.119 e. The lowest BCUT2D eigenvalue weighted by Gasteiger charge is -2.15. The van der Waals surface area contributed by atoms with E-state index in [0.29, 0.717) is 0 Å². The molecule has 0 N–H and O–H groups in total. The van der Waals surface area contributed by atoms with Crippen molar-refractivity contribution in [1.29, 1.82) is 0 Å². The molecule has 0 saturated heterocycles. The first-order valence-corrected chi connectivity index (χ1v) is 14.3. The van der Waals surface area contributed by atoms with Crippen LogP contribution in [0.3, 0.4) is 0 Å². The minimum Gasteiger partial charge on any atom is -0.494 e. The van der Waals surface area contributed by atoms with Gasteiger partial charge in [0.25, 0.3) is 0 Å². The number of hydrogen-bond donors (Lipinski definition) is 0. The van der Waals surface area contributed by atoms with Gasteiger partial charge < -0.3 is 9.47 Å². The van der Waals surface area contributed by atoms with E-state index in [1.165, 1.54) is 79.2 Å². The Morgan fingerprint density at radius 1 is 0.556 bits per heavy atom. The van der Waals surface area contributed by atoms with E-state index in [0.717, 1.165) is 31.8 Å². The van der Waals surface area contributed by atoms with E-state index in [2.05, 4.69) is 93.6 Å². The minimum absolute atomic E-state index is 0.124. The molecule has 0 radical (unpaired) electrons. The standard InChI is InChI=1S/C34H46O2/c1-4-6-8-10-11-15-26-35-28(3)29-18-20-30(21-19-29)33-16-12-13-17-34(33)31-22-24-32(25-23-31)36-27-14-9-7-5-2/h12-13,16-25,28H,4-11,14-15,26-27H2,1-3H3. The van der Waals surface area contributed by atoms with Gasteiger partial charge in [0.1, 0.15) is 5.75 Å². The van der Waals surface area contributed by atoms with Crippen LogP contribution in [0.4, 0.5) is 0 Å². The van der Waals surface area contributed by atoms with E-state index in [1.54, 1.807) is 0 Å². The van der Waals surface area contributed by atoms with Crippen molar-refractivity contribution in [3.63, 3.8) is 0 Å². The molecule has 1 atom stereocenters. The van der Waals surface area contributed by atoms with Crippen LogP contribution in [-0.4, -0.2) is 13.2 Å². The highest BCUT2D eigenvalue weighted by atomic mass is 16.5. The Kier molecular flexibility index (Phi) is 12.6. The van der Waals surface area contributed by atoms with Crippen molar-refractivity contribution >= 4 is 0 Å². The summed E-state index contributed by atoms with van der Waals surface area (Å²) in [4.78, 5) is 0. The number of hydrogen-bond acceptors (Lipinski definition) is 2. The SMILES string of the molecule is CCCCCCCCOC(C)c1ccc(-c2ccccc2-c2ccc(OCCCCCC)cc2)cc1. The Labute approximate surface area is 220 Å². The van der Waals surface area contributed by atoms with Crippen LogP contribution in [0.5, 0.6) is 5.75 Å². The fraction of sp³-hybridized carbons (Fsp3) is 0.471. The molecule has 0 fully saturated rings. The summed E-state index contributed by atoms with van der Waals surface area (Å²) in [5.74, 6) is 0.951. The third-order valence-electron chi connectivity index (χ3n) is 6.92. The summed E-state index contributed by atoms with van der Waals surface area (Å²) < 4.78 is 12.1. The van der Waals surface area contributed by atoms with Gasteiger partial charge in [-0.2, -0.15) is 0 Å². The number of unbranched alkanes of at least 4 members (excludes halogenated alkanes) is 8. The van der Waals surface area contributed by atoms with Crippen molar-refractivity contribution in [2.75, 3.05) is 13.2 Å². The molecule has 3 aromatic rings. The van der Waals surface area contributed by atoms with Gasteiger partial charge in [-0.1, -0.05) is 126 Å².